The summed E-state index contributed by atoms with van der Waals surface area (Å²) >= 11 is 0. The Morgan fingerprint density at radius 2 is 1.64 bits per heavy atom. The molecule has 1 aliphatic heterocycles. The van der Waals surface area contributed by atoms with E-state index in [0.29, 0.717) is 29.7 Å². The van der Waals surface area contributed by atoms with Crippen molar-refractivity contribution in [1.29, 1.82) is 0 Å². The highest BCUT2D eigenvalue weighted by Crippen LogP contribution is 2.26. The number of alkyl halides is 3. The van der Waals surface area contributed by atoms with Crippen LogP contribution in [0.1, 0.15) is 0 Å². The highest BCUT2D eigenvalue weighted by molar-refractivity contribution is 5.65. The molecule has 0 unspecified atom stereocenters. The van der Waals surface area contributed by atoms with Gasteiger partial charge in [-0.15, -0.1) is 13.2 Å². The molecule has 0 atom stereocenters. The van der Waals surface area contributed by atoms with Gasteiger partial charge in [0, 0.05) is 43.5 Å². The van der Waals surface area contributed by atoms with Crippen LogP contribution < -0.4 is 15.4 Å². The fraction of sp³-hybridized carbons (Fsp3) is 0.304. The minimum atomic E-state index is -4.73. The van der Waals surface area contributed by atoms with Gasteiger partial charge in [-0.3, -0.25) is 4.90 Å². The quantitative estimate of drug-likeness (QED) is 0.513. The molecule has 0 amide bonds. The molecule has 0 radical (unpaired) electrons. The highest BCUT2D eigenvalue weighted by Gasteiger charge is 2.30. The van der Waals surface area contributed by atoms with E-state index in [0.717, 1.165) is 38.4 Å². The predicted molar refractivity (Wildman–Crippen MR) is 120 cm³/mol. The fourth-order valence-corrected chi connectivity index (χ4v) is 3.37. The third kappa shape index (κ3) is 7.06. The maximum absolute atomic E-state index is 12.4. The maximum Gasteiger partial charge on any atom is 0.573 e. The minimum absolute atomic E-state index is 0.286. The van der Waals surface area contributed by atoms with Crippen molar-refractivity contribution in [1.82, 2.24) is 14.9 Å². The first kappa shape index (κ1) is 22.8. The summed E-state index contributed by atoms with van der Waals surface area (Å²) < 4.78 is 46.5. The van der Waals surface area contributed by atoms with Gasteiger partial charge in [-0.2, -0.15) is 0 Å². The summed E-state index contributed by atoms with van der Waals surface area (Å²) in [4.78, 5) is 11.5. The van der Waals surface area contributed by atoms with Gasteiger partial charge >= 0.3 is 6.36 Å². The zero-order valence-corrected chi connectivity index (χ0v) is 17.8. The normalized spacial score (nSPS) is 14.6. The van der Waals surface area contributed by atoms with E-state index in [1.807, 2.05) is 30.3 Å². The first-order chi connectivity index (χ1) is 15.9. The van der Waals surface area contributed by atoms with Gasteiger partial charge in [0.1, 0.15) is 17.4 Å². The van der Waals surface area contributed by atoms with E-state index in [-0.39, 0.29) is 5.75 Å². The number of ether oxygens (including phenoxy) is 2. The zero-order valence-electron chi connectivity index (χ0n) is 17.8. The minimum Gasteiger partial charge on any atom is -0.406 e. The molecule has 1 aromatic heterocycles. The Kier molecular flexibility index (Phi) is 7.26. The number of aromatic nitrogens is 2. The summed E-state index contributed by atoms with van der Waals surface area (Å²) in [5, 5.41) is 6.47. The van der Waals surface area contributed by atoms with Gasteiger partial charge in [-0.1, -0.05) is 30.3 Å². The van der Waals surface area contributed by atoms with E-state index < -0.39 is 6.36 Å². The van der Waals surface area contributed by atoms with Gasteiger partial charge in [0.25, 0.3) is 0 Å². The summed E-state index contributed by atoms with van der Waals surface area (Å²) in [5.74, 6) is 1.41. The van der Waals surface area contributed by atoms with Crippen molar-refractivity contribution in [3.8, 4) is 17.1 Å². The van der Waals surface area contributed by atoms with Gasteiger partial charge in [0.05, 0.1) is 13.2 Å². The first-order valence-electron chi connectivity index (χ1n) is 10.6. The molecule has 2 aromatic carbocycles. The number of hydrogen-bond acceptors (Lipinski definition) is 7. The number of benzene rings is 2. The van der Waals surface area contributed by atoms with Crippen LogP contribution in [0.5, 0.6) is 5.75 Å². The van der Waals surface area contributed by atoms with Crippen molar-refractivity contribution in [3.05, 3.63) is 60.7 Å². The van der Waals surface area contributed by atoms with Crippen LogP contribution in [-0.4, -0.2) is 60.6 Å². The second kappa shape index (κ2) is 10.5. The first-order valence-corrected chi connectivity index (χ1v) is 10.6. The molecule has 7 nitrogen and oxygen atoms in total. The molecule has 0 saturated carbocycles. The molecular weight excluding hydrogens is 435 g/mol. The number of halogens is 3. The molecular formula is C23H24F3N5O2. The summed E-state index contributed by atoms with van der Waals surface area (Å²) in [7, 11) is 0. The summed E-state index contributed by atoms with van der Waals surface area (Å²) in [5.41, 5.74) is 1.42. The topological polar surface area (TPSA) is 71.5 Å². The van der Waals surface area contributed by atoms with E-state index in [1.165, 1.54) is 24.3 Å². The van der Waals surface area contributed by atoms with E-state index in [2.05, 4.69) is 30.2 Å². The molecule has 2 N–H and O–H groups in total. The molecule has 3 aromatic rings. The van der Waals surface area contributed by atoms with Gasteiger partial charge in [0.15, 0.2) is 5.82 Å². The fourth-order valence-electron chi connectivity index (χ4n) is 3.37. The molecule has 0 spiro atoms. The van der Waals surface area contributed by atoms with E-state index in [4.69, 9.17) is 4.74 Å². The molecule has 4 rings (SSSR count). The number of morpholine rings is 1. The van der Waals surface area contributed by atoms with Gasteiger partial charge < -0.3 is 20.1 Å². The molecule has 33 heavy (non-hydrogen) atoms. The van der Waals surface area contributed by atoms with Gasteiger partial charge in [0.2, 0.25) is 0 Å². The Balaban J connectivity index is 1.49. The van der Waals surface area contributed by atoms with E-state index in [1.54, 1.807) is 6.07 Å². The van der Waals surface area contributed by atoms with Crippen molar-refractivity contribution >= 4 is 17.3 Å². The molecule has 2 heterocycles. The molecule has 1 aliphatic rings. The van der Waals surface area contributed by atoms with Gasteiger partial charge in [-0.25, -0.2) is 9.97 Å². The van der Waals surface area contributed by atoms with Crippen molar-refractivity contribution in [2.45, 2.75) is 6.36 Å². The average Bonchev–Trinajstić information content (AvgIpc) is 2.81. The number of anilines is 3. The van der Waals surface area contributed by atoms with Crippen molar-refractivity contribution in [3.63, 3.8) is 0 Å². The Labute approximate surface area is 189 Å². The lowest BCUT2D eigenvalue weighted by Crippen LogP contribution is -2.39. The Hall–Kier alpha value is -3.37. The summed E-state index contributed by atoms with van der Waals surface area (Å²) in [6.45, 7) is 4.85. The Morgan fingerprint density at radius 1 is 0.939 bits per heavy atom. The van der Waals surface area contributed by atoms with Crippen LogP contribution in [0, 0.1) is 0 Å². The second-order valence-electron chi connectivity index (χ2n) is 7.41. The molecule has 1 saturated heterocycles. The van der Waals surface area contributed by atoms with Crippen LogP contribution in [0.15, 0.2) is 60.7 Å². The van der Waals surface area contributed by atoms with E-state index in [9.17, 15) is 13.2 Å². The lowest BCUT2D eigenvalue weighted by molar-refractivity contribution is -0.274. The molecule has 0 aliphatic carbocycles. The molecule has 10 heteroatoms. The van der Waals surface area contributed by atoms with Crippen molar-refractivity contribution < 1.29 is 22.6 Å². The zero-order chi connectivity index (χ0) is 23.1. The largest absolute Gasteiger partial charge is 0.573 e. The van der Waals surface area contributed by atoms with Crippen molar-refractivity contribution in [2.75, 3.05) is 50.0 Å². The van der Waals surface area contributed by atoms with Crippen LogP contribution in [0.3, 0.4) is 0 Å². The molecule has 174 valence electrons. The smallest absolute Gasteiger partial charge is 0.406 e. The Bertz CT molecular complexity index is 1030. The maximum atomic E-state index is 12.4. The lowest BCUT2D eigenvalue weighted by Gasteiger charge is -2.26. The van der Waals surface area contributed by atoms with Crippen LogP contribution >= 0.6 is 0 Å². The standard InChI is InChI=1S/C23H24F3N5O2/c24-23(25,26)33-19-8-6-18(7-9-19)28-21-16-20(27-10-11-31-12-14-32-15-13-31)29-22(30-21)17-4-2-1-3-5-17/h1-9,16H,10-15H2,(H2,27,28,29,30). The highest BCUT2D eigenvalue weighted by atomic mass is 19.4. The third-order valence-corrected chi connectivity index (χ3v) is 4.96. The van der Waals surface area contributed by atoms with E-state index >= 15 is 0 Å². The monoisotopic (exact) mass is 459 g/mol. The van der Waals surface area contributed by atoms with Crippen LogP contribution in [0.2, 0.25) is 0 Å². The molecule has 1 fully saturated rings. The third-order valence-electron chi connectivity index (χ3n) is 4.96. The van der Waals surface area contributed by atoms with Crippen LogP contribution in [0.25, 0.3) is 11.4 Å². The number of nitrogens with zero attached hydrogens (tertiary/aromatic N) is 3. The number of nitrogens with one attached hydrogen (secondary N) is 2. The predicted octanol–water partition coefficient (Wildman–Crippen LogP) is 4.53. The average molecular weight is 459 g/mol. The number of rotatable bonds is 8. The number of hydrogen-bond donors (Lipinski definition) is 2. The summed E-state index contributed by atoms with van der Waals surface area (Å²) in [6.07, 6.45) is -4.73. The van der Waals surface area contributed by atoms with Crippen molar-refractivity contribution in [2.24, 2.45) is 0 Å². The SMILES string of the molecule is FC(F)(F)Oc1ccc(Nc2cc(NCCN3CCOCC3)nc(-c3ccccc3)n2)cc1. The van der Waals surface area contributed by atoms with Gasteiger partial charge in [-0.05, 0) is 24.3 Å². The summed E-state index contributed by atoms with van der Waals surface area (Å²) in [6, 6.07) is 16.8. The second-order valence-corrected chi connectivity index (χ2v) is 7.41. The van der Waals surface area contributed by atoms with Crippen LogP contribution in [-0.2, 0) is 4.74 Å². The lowest BCUT2D eigenvalue weighted by atomic mass is 10.2. The molecule has 0 bridgehead atoms. The Morgan fingerprint density at radius 3 is 2.33 bits per heavy atom. The van der Waals surface area contributed by atoms with Crippen LogP contribution in [0.4, 0.5) is 30.5 Å².